The molecule has 0 aliphatic rings. The van der Waals surface area contributed by atoms with Crippen molar-refractivity contribution in [3.8, 4) is 0 Å². The lowest BCUT2D eigenvalue weighted by molar-refractivity contribution is -0.900. The van der Waals surface area contributed by atoms with Gasteiger partial charge >= 0.3 is 6.18 Å². The van der Waals surface area contributed by atoms with Crippen molar-refractivity contribution in [2.45, 2.75) is 19.1 Å². The second-order valence-corrected chi connectivity index (χ2v) is 4.59. The first kappa shape index (κ1) is 12.9. The van der Waals surface area contributed by atoms with Crippen LogP contribution in [0, 0.1) is 0 Å². The first-order valence-corrected chi connectivity index (χ1v) is 4.83. The number of quaternary nitrogens is 1. The summed E-state index contributed by atoms with van der Waals surface area (Å²) >= 11 is 0. The van der Waals surface area contributed by atoms with E-state index >= 15 is 0 Å². The van der Waals surface area contributed by atoms with Crippen molar-refractivity contribution >= 4 is 0 Å². The Bertz CT molecular complexity index is 368. The van der Waals surface area contributed by atoms with Gasteiger partial charge in [0, 0.05) is 6.20 Å². The van der Waals surface area contributed by atoms with Gasteiger partial charge in [-0.25, -0.2) is 9.97 Å². The average Bonchev–Trinajstić information content (AvgIpc) is 2.14. The van der Waals surface area contributed by atoms with Crippen molar-refractivity contribution in [3.05, 3.63) is 23.8 Å². The van der Waals surface area contributed by atoms with E-state index < -0.39 is 11.9 Å². The van der Waals surface area contributed by atoms with Crippen LogP contribution in [0.15, 0.2) is 12.3 Å². The van der Waals surface area contributed by atoms with Gasteiger partial charge in [-0.3, -0.25) is 0 Å². The van der Waals surface area contributed by atoms with E-state index in [9.17, 15) is 13.2 Å². The van der Waals surface area contributed by atoms with Gasteiger partial charge in [0.1, 0.15) is 11.7 Å². The summed E-state index contributed by atoms with van der Waals surface area (Å²) in [5.41, 5.74) is -0.891. The topological polar surface area (TPSA) is 25.8 Å². The maximum atomic E-state index is 12.4. The molecule has 1 atom stereocenters. The molecule has 0 saturated carbocycles. The van der Waals surface area contributed by atoms with Crippen molar-refractivity contribution < 1.29 is 17.7 Å². The normalized spacial score (nSPS) is 14.9. The summed E-state index contributed by atoms with van der Waals surface area (Å²) in [5.74, 6) is 0.210. The molecule has 0 spiro atoms. The molecular formula is C10H15F3N3+. The highest BCUT2D eigenvalue weighted by atomic mass is 19.4. The Hall–Kier alpha value is -1.17. The van der Waals surface area contributed by atoms with Gasteiger partial charge in [-0.15, -0.1) is 0 Å². The van der Waals surface area contributed by atoms with Crippen LogP contribution in [0.4, 0.5) is 13.2 Å². The van der Waals surface area contributed by atoms with Crippen molar-refractivity contribution in [1.29, 1.82) is 0 Å². The molecule has 6 heteroatoms. The third-order valence-corrected chi connectivity index (χ3v) is 2.50. The van der Waals surface area contributed by atoms with Crippen molar-refractivity contribution in [2.75, 3.05) is 21.1 Å². The Morgan fingerprint density at radius 1 is 1.25 bits per heavy atom. The van der Waals surface area contributed by atoms with E-state index in [0.717, 1.165) is 12.3 Å². The minimum Gasteiger partial charge on any atom is -0.322 e. The Kier molecular flexibility index (Phi) is 3.23. The van der Waals surface area contributed by atoms with Gasteiger partial charge < -0.3 is 4.48 Å². The van der Waals surface area contributed by atoms with E-state index in [1.165, 1.54) is 0 Å². The number of aromatic nitrogens is 2. The molecule has 1 aromatic heterocycles. The summed E-state index contributed by atoms with van der Waals surface area (Å²) < 4.78 is 37.8. The Morgan fingerprint density at radius 2 is 1.81 bits per heavy atom. The van der Waals surface area contributed by atoms with Crippen LogP contribution in [0.2, 0.25) is 0 Å². The molecule has 0 fully saturated rings. The van der Waals surface area contributed by atoms with Crippen molar-refractivity contribution in [1.82, 2.24) is 9.97 Å². The molecule has 1 aromatic rings. The maximum absolute atomic E-state index is 12.4. The van der Waals surface area contributed by atoms with Crippen LogP contribution >= 0.6 is 0 Å². The molecule has 1 rings (SSSR count). The van der Waals surface area contributed by atoms with Crippen molar-refractivity contribution in [2.24, 2.45) is 0 Å². The Morgan fingerprint density at radius 3 is 2.25 bits per heavy atom. The Balaban J connectivity index is 3.09. The third kappa shape index (κ3) is 2.91. The molecule has 0 aromatic carbocycles. The van der Waals surface area contributed by atoms with E-state index in [1.54, 1.807) is 6.92 Å². The van der Waals surface area contributed by atoms with Gasteiger partial charge in [0.15, 0.2) is 5.82 Å². The molecule has 0 aliphatic heterocycles. The first-order chi connectivity index (χ1) is 7.12. The van der Waals surface area contributed by atoms with Crippen LogP contribution in [0.3, 0.4) is 0 Å². The number of hydrogen-bond acceptors (Lipinski definition) is 2. The molecular weight excluding hydrogens is 219 g/mol. The van der Waals surface area contributed by atoms with Crippen LogP contribution in [0.1, 0.15) is 24.5 Å². The van der Waals surface area contributed by atoms with Crippen LogP contribution in [0.25, 0.3) is 0 Å². The highest BCUT2D eigenvalue weighted by molar-refractivity contribution is 5.07. The quantitative estimate of drug-likeness (QED) is 0.733. The summed E-state index contributed by atoms with van der Waals surface area (Å²) in [6, 6.07) is 0.689. The molecule has 90 valence electrons. The van der Waals surface area contributed by atoms with Gasteiger partial charge in [0.25, 0.3) is 0 Å². The van der Waals surface area contributed by atoms with Gasteiger partial charge in [-0.2, -0.15) is 13.2 Å². The highest BCUT2D eigenvalue weighted by Crippen LogP contribution is 2.28. The molecule has 0 radical (unpaired) electrons. The van der Waals surface area contributed by atoms with E-state index in [1.807, 2.05) is 21.1 Å². The summed E-state index contributed by atoms with van der Waals surface area (Å²) in [5, 5.41) is 0. The fraction of sp³-hybridized carbons (Fsp3) is 0.600. The van der Waals surface area contributed by atoms with Gasteiger partial charge in [0.05, 0.1) is 21.1 Å². The maximum Gasteiger partial charge on any atom is 0.433 e. The van der Waals surface area contributed by atoms with Crippen LogP contribution < -0.4 is 0 Å². The summed E-state index contributed by atoms with van der Waals surface area (Å²) in [6.07, 6.45) is -3.26. The molecule has 0 N–H and O–H groups in total. The fourth-order valence-electron chi connectivity index (χ4n) is 1.08. The molecule has 0 aliphatic carbocycles. The lowest BCUT2D eigenvalue weighted by atomic mass is 10.2. The summed E-state index contributed by atoms with van der Waals surface area (Å²) in [4.78, 5) is 7.45. The molecule has 0 amide bonds. The molecule has 0 bridgehead atoms. The van der Waals surface area contributed by atoms with Gasteiger partial charge in [-0.05, 0) is 13.0 Å². The molecule has 3 nitrogen and oxygen atoms in total. The van der Waals surface area contributed by atoms with Gasteiger partial charge in [-0.1, -0.05) is 0 Å². The second-order valence-electron chi connectivity index (χ2n) is 4.59. The number of halogens is 3. The minimum absolute atomic E-state index is 0.192. The fourth-order valence-corrected chi connectivity index (χ4v) is 1.08. The minimum atomic E-state index is -4.41. The zero-order valence-electron chi connectivity index (χ0n) is 9.71. The Labute approximate surface area is 92.5 Å². The zero-order chi connectivity index (χ0) is 12.6. The number of hydrogen-bond donors (Lipinski definition) is 0. The van der Waals surface area contributed by atoms with Crippen LogP contribution in [-0.2, 0) is 6.18 Å². The van der Waals surface area contributed by atoms with E-state index in [4.69, 9.17) is 0 Å². The van der Waals surface area contributed by atoms with E-state index in [2.05, 4.69) is 9.97 Å². The average molecular weight is 234 g/mol. The zero-order valence-corrected chi connectivity index (χ0v) is 9.71. The summed E-state index contributed by atoms with van der Waals surface area (Å²) in [7, 11) is 5.65. The SMILES string of the molecule is CC(c1nccc(C(F)(F)F)n1)[N+](C)(C)C. The smallest absolute Gasteiger partial charge is 0.322 e. The predicted octanol–water partition coefficient (Wildman–Crippen LogP) is 2.26. The largest absolute Gasteiger partial charge is 0.433 e. The number of rotatable bonds is 2. The number of alkyl halides is 3. The highest BCUT2D eigenvalue weighted by Gasteiger charge is 2.34. The molecule has 0 saturated heterocycles. The third-order valence-electron chi connectivity index (χ3n) is 2.50. The molecule has 16 heavy (non-hydrogen) atoms. The molecule has 1 heterocycles. The van der Waals surface area contributed by atoms with Gasteiger partial charge in [0.2, 0.25) is 0 Å². The van der Waals surface area contributed by atoms with Crippen molar-refractivity contribution in [3.63, 3.8) is 0 Å². The first-order valence-electron chi connectivity index (χ1n) is 4.83. The second kappa shape index (κ2) is 4.01. The lowest BCUT2D eigenvalue weighted by Gasteiger charge is -2.30. The standard InChI is InChI=1S/C10H15F3N3/c1-7(16(2,3)4)9-14-6-5-8(15-9)10(11,12)13/h5-7H,1-4H3/q+1. The van der Waals surface area contributed by atoms with Crippen LogP contribution in [-0.4, -0.2) is 35.6 Å². The van der Waals surface area contributed by atoms with E-state index in [-0.39, 0.29) is 11.9 Å². The summed E-state index contributed by atoms with van der Waals surface area (Å²) in [6.45, 7) is 1.80. The van der Waals surface area contributed by atoms with Crippen LogP contribution in [0.5, 0.6) is 0 Å². The number of nitrogens with zero attached hydrogens (tertiary/aromatic N) is 3. The monoisotopic (exact) mass is 234 g/mol. The lowest BCUT2D eigenvalue weighted by Crippen LogP contribution is -2.38. The molecule has 1 unspecified atom stereocenters. The van der Waals surface area contributed by atoms with E-state index in [0.29, 0.717) is 4.48 Å². The predicted molar refractivity (Wildman–Crippen MR) is 53.5 cm³/mol.